The van der Waals surface area contributed by atoms with Gasteiger partial charge in [-0.15, -0.1) is 0 Å². The van der Waals surface area contributed by atoms with E-state index in [2.05, 4.69) is 23.8 Å². The van der Waals surface area contributed by atoms with Gasteiger partial charge in [0.1, 0.15) is 12.1 Å². The number of piperazine rings is 1. The molecule has 2 saturated heterocycles. The molecule has 21 heavy (non-hydrogen) atoms. The molecule has 2 fully saturated rings. The molecule has 0 N–H and O–H groups in total. The molecule has 0 aliphatic carbocycles. The van der Waals surface area contributed by atoms with E-state index < -0.39 is 0 Å². The Labute approximate surface area is 129 Å². The fraction of sp³-hybridized carbons (Fsp3) is 0.625. The SMILES string of the molecule is CCC1C(=O)N2CCCC2C(=O)N1C(C)Cc1ccsc1. The fourth-order valence-corrected chi connectivity index (χ4v) is 4.35. The molecule has 1 aromatic heterocycles. The van der Waals surface area contributed by atoms with Crippen LogP contribution in [0.3, 0.4) is 0 Å². The highest BCUT2D eigenvalue weighted by Crippen LogP contribution is 2.30. The van der Waals surface area contributed by atoms with Crippen LogP contribution in [0.1, 0.15) is 38.7 Å². The van der Waals surface area contributed by atoms with E-state index in [1.807, 2.05) is 16.7 Å². The third kappa shape index (κ3) is 2.48. The normalized spacial score (nSPS) is 27.1. The van der Waals surface area contributed by atoms with Crippen molar-refractivity contribution < 1.29 is 9.59 Å². The van der Waals surface area contributed by atoms with Crippen molar-refractivity contribution in [2.75, 3.05) is 6.54 Å². The Morgan fingerprint density at radius 3 is 2.86 bits per heavy atom. The van der Waals surface area contributed by atoms with E-state index in [9.17, 15) is 9.59 Å². The molecule has 2 amide bonds. The molecular formula is C16H22N2O2S. The first-order chi connectivity index (χ1) is 10.1. The van der Waals surface area contributed by atoms with Crippen molar-refractivity contribution in [3.8, 4) is 0 Å². The maximum atomic E-state index is 12.8. The van der Waals surface area contributed by atoms with Crippen LogP contribution < -0.4 is 0 Å². The molecule has 3 heterocycles. The molecule has 0 spiro atoms. The number of carbonyl (C=O) groups is 2. The third-order valence-electron chi connectivity index (χ3n) is 4.67. The minimum Gasteiger partial charge on any atom is -0.329 e. The zero-order valence-corrected chi connectivity index (χ0v) is 13.4. The average molecular weight is 306 g/mol. The lowest BCUT2D eigenvalue weighted by atomic mass is 9.98. The molecule has 114 valence electrons. The first-order valence-corrected chi connectivity index (χ1v) is 8.71. The van der Waals surface area contributed by atoms with Crippen LogP contribution >= 0.6 is 11.3 Å². The van der Waals surface area contributed by atoms with Crippen LogP contribution in [0.2, 0.25) is 0 Å². The Hall–Kier alpha value is -1.36. The second-order valence-electron chi connectivity index (χ2n) is 6.04. The molecule has 2 aliphatic rings. The van der Waals surface area contributed by atoms with Crippen LogP contribution in [0.15, 0.2) is 16.8 Å². The summed E-state index contributed by atoms with van der Waals surface area (Å²) in [5.41, 5.74) is 1.25. The Morgan fingerprint density at radius 1 is 1.38 bits per heavy atom. The highest BCUT2D eigenvalue weighted by Gasteiger charge is 2.48. The van der Waals surface area contributed by atoms with Gasteiger partial charge < -0.3 is 9.80 Å². The molecule has 2 aliphatic heterocycles. The van der Waals surface area contributed by atoms with Gasteiger partial charge in [-0.25, -0.2) is 0 Å². The summed E-state index contributed by atoms with van der Waals surface area (Å²) in [5.74, 6) is 0.304. The van der Waals surface area contributed by atoms with Gasteiger partial charge in [0.15, 0.2) is 0 Å². The van der Waals surface area contributed by atoms with Gasteiger partial charge in [-0.3, -0.25) is 9.59 Å². The van der Waals surface area contributed by atoms with E-state index in [0.29, 0.717) is 6.42 Å². The Morgan fingerprint density at radius 2 is 2.19 bits per heavy atom. The predicted octanol–water partition coefficient (Wildman–Crippen LogP) is 2.29. The number of rotatable bonds is 4. The summed E-state index contributed by atoms with van der Waals surface area (Å²) in [7, 11) is 0. The second-order valence-corrected chi connectivity index (χ2v) is 6.82. The van der Waals surface area contributed by atoms with Gasteiger partial charge in [-0.05, 0) is 55.0 Å². The molecule has 1 aromatic rings. The molecule has 4 nitrogen and oxygen atoms in total. The summed E-state index contributed by atoms with van der Waals surface area (Å²) in [6, 6.07) is 1.69. The quantitative estimate of drug-likeness (QED) is 0.856. The lowest BCUT2D eigenvalue weighted by Gasteiger charge is -2.45. The minimum absolute atomic E-state index is 0.0729. The number of carbonyl (C=O) groups excluding carboxylic acids is 2. The summed E-state index contributed by atoms with van der Waals surface area (Å²) in [6.45, 7) is 4.81. The molecular weight excluding hydrogens is 284 g/mol. The van der Waals surface area contributed by atoms with E-state index in [1.54, 1.807) is 11.3 Å². The third-order valence-corrected chi connectivity index (χ3v) is 5.40. The highest BCUT2D eigenvalue weighted by atomic mass is 32.1. The summed E-state index contributed by atoms with van der Waals surface area (Å²) in [6.07, 6.45) is 3.29. The zero-order chi connectivity index (χ0) is 15.0. The molecule has 3 unspecified atom stereocenters. The van der Waals surface area contributed by atoms with Gasteiger partial charge in [0.05, 0.1) is 0 Å². The van der Waals surface area contributed by atoms with Crippen molar-refractivity contribution in [2.45, 2.75) is 57.7 Å². The van der Waals surface area contributed by atoms with Gasteiger partial charge in [-0.1, -0.05) is 6.92 Å². The fourth-order valence-electron chi connectivity index (χ4n) is 3.67. The molecule has 5 heteroatoms. The summed E-state index contributed by atoms with van der Waals surface area (Å²) in [5, 5.41) is 4.18. The minimum atomic E-state index is -0.277. The van der Waals surface area contributed by atoms with Gasteiger partial charge in [0.2, 0.25) is 11.8 Å². The zero-order valence-electron chi connectivity index (χ0n) is 12.6. The standard InChI is InChI=1S/C16H22N2O2S/c1-3-13-15(19)17-7-4-5-14(17)16(20)18(13)11(2)9-12-6-8-21-10-12/h6,8,10-11,13-14H,3-5,7,9H2,1-2H3. The second kappa shape index (κ2) is 5.79. The monoisotopic (exact) mass is 306 g/mol. The van der Waals surface area contributed by atoms with Gasteiger partial charge >= 0.3 is 0 Å². The number of hydrogen-bond donors (Lipinski definition) is 0. The Kier molecular flexibility index (Phi) is 4.02. The highest BCUT2D eigenvalue weighted by molar-refractivity contribution is 7.07. The van der Waals surface area contributed by atoms with Crippen LogP contribution in [-0.4, -0.2) is 46.3 Å². The van der Waals surface area contributed by atoms with Crippen molar-refractivity contribution in [1.29, 1.82) is 0 Å². The average Bonchev–Trinajstić information content (AvgIpc) is 3.12. The van der Waals surface area contributed by atoms with Crippen molar-refractivity contribution in [1.82, 2.24) is 9.80 Å². The van der Waals surface area contributed by atoms with Crippen molar-refractivity contribution >= 4 is 23.2 Å². The summed E-state index contributed by atoms with van der Waals surface area (Å²) >= 11 is 1.67. The van der Waals surface area contributed by atoms with E-state index >= 15 is 0 Å². The summed E-state index contributed by atoms with van der Waals surface area (Å²) < 4.78 is 0. The topological polar surface area (TPSA) is 40.6 Å². The van der Waals surface area contributed by atoms with Gasteiger partial charge in [0, 0.05) is 12.6 Å². The number of nitrogens with zero attached hydrogens (tertiary/aromatic N) is 2. The largest absolute Gasteiger partial charge is 0.329 e. The van der Waals surface area contributed by atoms with E-state index in [1.165, 1.54) is 5.56 Å². The van der Waals surface area contributed by atoms with E-state index in [4.69, 9.17) is 0 Å². The van der Waals surface area contributed by atoms with Gasteiger partial charge in [0.25, 0.3) is 0 Å². The predicted molar refractivity (Wildman–Crippen MR) is 83.1 cm³/mol. The number of hydrogen-bond acceptors (Lipinski definition) is 3. The van der Waals surface area contributed by atoms with Gasteiger partial charge in [-0.2, -0.15) is 11.3 Å². The molecule has 0 saturated carbocycles. The number of thiophene rings is 1. The van der Waals surface area contributed by atoms with E-state index in [0.717, 1.165) is 25.8 Å². The van der Waals surface area contributed by atoms with Crippen molar-refractivity contribution in [2.24, 2.45) is 0 Å². The molecule has 0 aromatic carbocycles. The van der Waals surface area contributed by atoms with Crippen LogP contribution in [0.4, 0.5) is 0 Å². The van der Waals surface area contributed by atoms with Crippen LogP contribution in [0.5, 0.6) is 0 Å². The summed E-state index contributed by atoms with van der Waals surface area (Å²) in [4.78, 5) is 29.1. The molecule has 0 bridgehead atoms. The first-order valence-electron chi connectivity index (χ1n) is 7.77. The maximum absolute atomic E-state index is 12.8. The molecule has 0 radical (unpaired) electrons. The van der Waals surface area contributed by atoms with Crippen LogP contribution in [0.25, 0.3) is 0 Å². The molecule has 3 rings (SSSR count). The lowest BCUT2D eigenvalue weighted by molar-refractivity contribution is -0.161. The lowest BCUT2D eigenvalue weighted by Crippen LogP contribution is -2.64. The Balaban J connectivity index is 1.83. The number of amides is 2. The first kappa shape index (κ1) is 14.6. The Bertz CT molecular complexity index is 528. The van der Waals surface area contributed by atoms with Crippen LogP contribution in [-0.2, 0) is 16.0 Å². The maximum Gasteiger partial charge on any atom is 0.246 e. The smallest absolute Gasteiger partial charge is 0.246 e. The van der Waals surface area contributed by atoms with E-state index in [-0.39, 0.29) is 29.9 Å². The van der Waals surface area contributed by atoms with Crippen molar-refractivity contribution in [3.63, 3.8) is 0 Å². The number of fused-ring (bicyclic) bond motifs is 1. The molecule has 3 atom stereocenters. The van der Waals surface area contributed by atoms with Crippen LogP contribution in [0, 0.1) is 0 Å². The van der Waals surface area contributed by atoms with Crippen molar-refractivity contribution in [3.05, 3.63) is 22.4 Å².